The quantitative estimate of drug-likeness (QED) is 0.395. The van der Waals surface area contributed by atoms with Gasteiger partial charge in [0.1, 0.15) is 11.6 Å². The van der Waals surface area contributed by atoms with Crippen molar-refractivity contribution >= 4 is 28.1 Å². The number of carbonyl (C=O) groups is 2. The summed E-state index contributed by atoms with van der Waals surface area (Å²) in [7, 11) is 0. The number of rotatable bonds is 9. The highest BCUT2D eigenvalue weighted by atomic mass is 32.1. The predicted octanol–water partition coefficient (Wildman–Crippen LogP) is 3.37. The summed E-state index contributed by atoms with van der Waals surface area (Å²) in [5, 5.41) is 4.99. The van der Waals surface area contributed by atoms with Crippen LogP contribution in [0.2, 0.25) is 0 Å². The Balaban J connectivity index is 1.52. The Morgan fingerprint density at radius 2 is 1.90 bits per heavy atom. The molecule has 3 aromatic rings. The Morgan fingerprint density at radius 1 is 1.14 bits per heavy atom. The zero-order valence-corrected chi connectivity index (χ0v) is 17.3. The third kappa shape index (κ3) is 5.35. The van der Waals surface area contributed by atoms with E-state index in [0.717, 1.165) is 17.8 Å². The van der Waals surface area contributed by atoms with Crippen LogP contribution in [0.4, 0.5) is 0 Å². The summed E-state index contributed by atoms with van der Waals surface area (Å²) in [5.41, 5.74) is 1.84. The highest BCUT2D eigenvalue weighted by Gasteiger charge is 2.12. The zero-order chi connectivity index (χ0) is 20.8. The lowest BCUT2D eigenvalue weighted by molar-refractivity contribution is -0.145. The molecule has 7 nitrogen and oxygen atoms in total. The van der Waals surface area contributed by atoms with Gasteiger partial charge in [-0.25, -0.2) is 4.98 Å². The molecular weight excluding hydrogens is 390 g/mol. The number of esters is 1. The topological polar surface area (TPSA) is 90.6 Å². The van der Waals surface area contributed by atoms with E-state index in [1.807, 2.05) is 19.1 Å². The van der Waals surface area contributed by atoms with Gasteiger partial charge in [-0.15, -0.1) is 0 Å². The van der Waals surface area contributed by atoms with Crippen molar-refractivity contribution in [2.75, 3.05) is 0 Å². The summed E-state index contributed by atoms with van der Waals surface area (Å²) in [6.07, 6.45) is 2.81. The Morgan fingerprint density at radius 3 is 2.59 bits per heavy atom. The van der Waals surface area contributed by atoms with E-state index in [2.05, 4.69) is 17.0 Å². The normalized spacial score (nSPS) is 11.0. The molecule has 0 radical (unpaired) electrons. The summed E-state index contributed by atoms with van der Waals surface area (Å²) in [6, 6.07) is 8.79. The van der Waals surface area contributed by atoms with Crippen molar-refractivity contribution in [2.24, 2.45) is 0 Å². The lowest BCUT2D eigenvalue weighted by Crippen LogP contribution is -2.17. The van der Waals surface area contributed by atoms with Gasteiger partial charge in [-0.3, -0.25) is 14.4 Å². The van der Waals surface area contributed by atoms with E-state index in [9.17, 15) is 14.4 Å². The number of hydrogen-bond donors (Lipinski definition) is 0. The number of fused-ring (bicyclic) bond motifs is 1. The molecule has 0 saturated heterocycles. The maximum Gasteiger partial charge on any atom is 0.306 e. The molecule has 0 aliphatic rings. The summed E-state index contributed by atoms with van der Waals surface area (Å²) in [5.74, 6) is -0.596. The van der Waals surface area contributed by atoms with Crippen LogP contribution in [0.3, 0.4) is 0 Å². The van der Waals surface area contributed by atoms with Crippen molar-refractivity contribution in [3.8, 4) is 0 Å². The first-order chi connectivity index (χ1) is 14.0. The fraction of sp³-hybridized carbons (Fsp3) is 0.381. The van der Waals surface area contributed by atoms with E-state index in [-0.39, 0.29) is 30.8 Å². The molecule has 0 amide bonds. The number of aromatic nitrogens is 3. The van der Waals surface area contributed by atoms with E-state index in [0.29, 0.717) is 22.6 Å². The minimum atomic E-state index is -0.499. The molecule has 0 aliphatic heterocycles. The van der Waals surface area contributed by atoms with Crippen LogP contribution in [0.25, 0.3) is 4.96 Å². The Bertz CT molecular complexity index is 1070. The van der Waals surface area contributed by atoms with Crippen molar-refractivity contribution in [3.63, 3.8) is 0 Å². The van der Waals surface area contributed by atoms with Crippen LogP contribution >= 0.6 is 11.3 Å². The van der Waals surface area contributed by atoms with Gasteiger partial charge in [0, 0.05) is 18.1 Å². The molecule has 2 aromatic heterocycles. The van der Waals surface area contributed by atoms with E-state index in [1.165, 1.54) is 27.5 Å². The van der Waals surface area contributed by atoms with Crippen molar-refractivity contribution in [3.05, 3.63) is 62.5 Å². The van der Waals surface area contributed by atoms with E-state index in [4.69, 9.17) is 4.74 Å². The number of ketones is 1. The van der Waals surface area contributed by atoms with Crippen LogP contribution in [0, 0.1) is 0 Å². The van der Waals surface area contributed by atoms with Gasteiger partial charge in [0.15, 0.2) is 5.78 Å². The van der Waals surface area contributed by atoms with Gasteiger partial charge in [-0.1, -0.05) is 55.9 Å². The van der Waals surface area contributed by atoms with Gasteiger partial charge >= 0.3 is 5.97 Å². The van der Waals surface area contributed by atoms with Gasteiger partial charge < -0.3 is 4.74 Å². The Hall–Kier alpha value is -2.87. The SMILES string of the molecule is CCCc1ccc(C(=O)CCC(=O)OCc2cc(=O)n3nc(CC)sc3n2)cc1. The van der Waals surface area contributed by atoms with Crippen molar-refractivity contribution < 1.29 is 14.3 Å². The first-order valence-corrected chi connectivity index (χ1v) is 10.5. The summed E-state index contributed by atoms with van der Waals surface area (Å²) >= 11 is 1.33. The molecule has 0 saturated carbocycles. The molecule has 0 bridgehead atoms. The fourth-order valence-electron chi connectivity index (χ4n) is 2.85. The van der Waals surface area contributed by atoms with Crippen molar-refractivity contribution in [1.29, 1.82) is 0 Å². The molecular formula is C21H23N3O4S. The third-order valence-electron chi connectivity index (χ3n) is 4.39. The molecule has 0 N–H and O–H groups in total. The van der Waals surface area contributed by atoms with Gasteiger partial charge in [0.2, 0.25) is 4.96 Å². The molecule has 3 rings (SSSR count). The highest BCUT2D eigenvalue weighted by molar-refractivity contribution is 7.16. The molecule has 1 aromatic carbocycles. The van der Waals surface area contributed by atoms with E-state index in [1.54, 1.807) is 12.1 Å². The maximum atomic E-state index is 12.2. The second-order valence-electron chi connectivity index (χ2n) is 6.66. The monoisotopic (exact) mass is 413 g/mol. The summed E-state index contributed by atoms with van der Waals surface area (Å²) in [6.45, 7) is 3.95. The number of aryl methyl sites for hydroxylation is 2. The van der Waals surface area contributed by atoms with Crippen LogP contribution < -0.4 is 5.56 Å². The maximum absolute atomic E-state index is 12.2. The average molecular weight is 413 g/mol. The molecule has 29 heavy (non-hydrogen) atoms. The van der Waals surface area contributed by atoms with Gasteiger partial charge in [0.25, 0.3) is 5.56 Å². The largest absolute Gasteiger partial charge is 0.459 e. The minimum Gasteiger partial charge on any atom is -0.459 e. The number of ether oxygens (including phenoxy) is 1. The number of Topliss-reactive ketones (excluding diaryl/α,β-unsaturated/α-hetero) is 1. The number of benzene rings is 1. The Labute approximate surface area is 172 Å². The van der Waals surface area contributed by atoms with Crippen LogP contribution in [-0.4, -0.2) is 26.4 Å². The first kappa shape index (κ1) is 20.9. The second kappa shape index (κ2) is 9.56. The molecule has 152 valence electrons. The van der Waals surface area contributed by atoms with Crippen molar-refractivity contribution in [2.45, 2.75) is 52.6 Å². The molecule has 0 atom stereocenters. The van der Waals surface area contributed by atoms with Crippen molar-refractivity contribution in [1.82, 2.24) is 14.6 Å². The van der Waals surface area contributed by atoms with Gasteiger partial charge in [-0.2, -0.15) is 9.61 Å². The van der Waals surface area contributed by atoms with Gasteiger partial charge in [-0.05, 0) is 18.4 Å². The predicted molar refractivity (Wildman–Crippen MR) is 110 cm³/mol. The minimum absolute atomic E-state index is 0.0166. The molecule has 0 spiro atoms. The lowest BCUT2D eigenvalue weighted by atomic mass is 10.0. The molecule has 0 aliphatic carbocycles. The summed E-state index contributed by atoms with van der Waals surface area (Å²) < 4.78 is 6.43. The number of hydrogen-bond acceptors (Lipinski definition) is 7. The number of carbonyl (C=O) groups excluding carboxylic acids is 2. The summed E-state index contributed by atoms with van der Waals surface area (Å²) in [4.78, 5) is 41.1. The van der Waals surface area contributed by atoms with Crippen LogP contribution in [0.5, 0.6) is 0 Å². The third-order valence-corrected chi connectivity index (χ3v) is 5.45. The second-order valence-corrected chi connectivity index (χ2v) is 7.70. The molecule has 8 heteroatoms. The number of nitrogens with zero attached hydrogens (tertiary/aromatic N) is 3. The molecule has 0 fully saturated rings. The first-order valence-electron chi connectivity index (χ1n) is 9.66. The standard InChI is InChI=1S/C21H23N3O4S/c1-3-5-14-6-8-15(9-7-14)17(25)10-11-20(27)28-13-16-12-19(26)24-21(22-16)29-18(4-2)23-24/h6-9,12H,3-5,10-11,13H2,1-2H3. The van der Waals surface area contributed by atoms with E-state index < -0.39 is 5.97 Å². The van der Waals surface area contributed by atoms with E-state index >= 15 is 0 Å². The Kier molecular flexibility index (Phi) is 6.87. The van der Waals surface area contributed by atoms with Crippen LogP contribution in [-0.2, 0) is 29.0 Å². The molecule has 0 unspecified atom stereocenters. The lowest BCUT2D eigenvalue weighted by Gasteiger charge is -2.05. The average Bonchev–Trinajstić information content (AvgIpc) is 3.15. The van der Waals surface area contributed by atoms with Gasteiger partial charge in [0.05, 0.1) is 12.1 Å². The van der Waals surface area contributed by atoms with Crippen LogP contribution in [0.15, 0.2) is 35.1 Å². The molecule has 2 heterocycles. The smallest absolute Gasteiger partial charge is 0.306 e. The van der Waals surface area contributed by atoms with Crippen LogP contribution in [0.1, 0.15) is 59.7 Å². The fourth-order valence-corrected chi connectivity index (χ4v) is 3.70. The highest BCUT2D eigenvalue weighted by Crippen LogP contribution is 2.13. The zero-order valence-electron chi connectivity index (χ0n) is 16.5.